The predicted octanol–water partition coefficient (Wildman–Crippen LogP) is 3.29. The molecule has 3 rings (SSSR count). The molecule has 0 aromatic heterocycles. The van der Waals surface area contributed by atoms with Crippen LogP contribution in [-0.4, -0.2) is 38.8 Å². The average molecular weight is 446 g/mol. The Morgan fingerprint density at radius 3 is 2.37 bits per heavy atom. The van der Waals surface area contributed by atoms with Gasteiger partial charge in [0.2, 0.25) is 15.9 Å². The van der Waals surface area contributed by atoms with Crippen LogP contribution in [0.1, 0.15) is 12.8 Å². The Labute approximate surface area is 170 Å². The number of nitrogens with one attached hydrogen (secondary N) is 1. The quantitative estimate of drug-likeness (QED) is 0.565. The molecule has 1 heterocycles. The Kier molecular flexibility index (Phi) is 6.32. The average Bonchev–Trinajstić information content (AvgIpc) is 2.74. The van der Waals surface area contributed by atoms with Gasteiger partial charge in [-0.05, 0) is 43.2 Å². The molecule has 11 heteroatoms. The normalized spacial score (nSPS) is 15.8. The van der Waals surface area contributed by atoms with Gasteiger partial charge in [0, 0.05) is 19.0 Å². The highest BCUT2D eigenvalue weighted by molar-refractivity contribution is 7.89. The zero-order valence-corrected chi connectivity index (χ0v) is 16.6. The Hall–Kier alpha value is -2.66. The molecule has 2 aromatic carbocycles. The van der Waals surface area contributed by atoms with Crippen LogP contribution >= 0.6 is 0 Å². The molecule has 0 unspecified atom stereocenters. The number of methoxy groups -OCH3 is 1. The van der Waals surface area contributed by atoms with Gasteiger partial charge in [0.05, 0.1) is 12.8 Å². The van der Waals surface area contributed by atoms with Gasteiger partial charge in [-0.3, -0.25) is 4.79 Å². The van der Waals surface area contributed by atoms with E-state index in [2.05, 4.69) is 5.32 Å². The molecule has 0 radical (unpaired) electrons. The first-order valence-electron chi connectivity index (χ1n) is 8.93. The zero-order valence-electron chi connectivity index (χ0n) is 15.8. The van der Waals surface area contributed by atoms with E-state index < -0.39 is 50.8 Å². The van der Waals surface area contributed by atoms with Crippen molar-refractivity contribution in [3.05, 3.63) is 53.6 Å². The van der Waals surface area contributed by atoms with Gasteiger partial charge in [0.15, 0.2) is 17.5 Å². The molecule has 1 fully saturated rings. The Balaban J connectivity index is 1.69. The summed E-state index contributed by atoms with van der Waals surface area (Å²) in [5, 5.41) is 2.20. The third-order valence-corrected chi connectivity index (χ3v) is 6.78. The first kappa shape index (κ1) is 22.0. The maximum atomic E-state index is 13.7. The molecule has 2 aromatic rings. The number of sulfonamides is 1. The lowest BCUT2D eigenvalue weighted by molar-refractivity contribution is -0.120. The molecule has 0 spiro atoms. The van der Waals surface area contributed by atoms with E-state index in [1.54, 1.807) is 0 Å². The minimum absolute atomic E-state index is 0.00919. The van der Waals surface area contributed by atoms with E-state index in [1.807, 2.05) is 0 Å². The Bertz CT molecular complexity index is 1070. The lowest BCUT2D eigenvalue weighted by atomic mass is 9.97. The van der Waals surface area contributed by atoms with Crippen LogP contribution in [0, 0.1) is 29.2 Å². The number of ether oxygens (including phenoxy) is 1. The SMILES string of the molecule is COc1ccc(F)cc1S(=O)(=O)N1CCC(C(=O)Nc2ccc(F)c(F)c2F)CC1. The largest absolute Gasteiger partial charge is 0.495 e. The summed E-state index contributed by atoms with van der Waals surface area (Å²) in [6.45, 7) is -0.0826. The number of amides is 1. The number of halogens is 4. The van der Waals surface area contributed by atoms with E-state index in [9.17, 15) is 30.8 Å². The second kappa shape index (κ2) is 8.60. The fourth-order valence-corrected chi connectivity index (χ4v) is 4.84. The van der Waals surface area contributed by atoms with Gasteiger partial charge in [-0.1, -0.05) is 0 Å². The fraction of sp³-hybridized carbons (Fsp3) is 0.316. The van der Waals surface area contributed by atoms with Crippen LogP contribution in [-0.2, 0) is 14.8 Å². The number of rotatable bonds is 5. The van der Waals surface area contributed by atoms with Gasteiger partial charge >= 0.3 is 0 Å². The van der Waals surface area contributed by atoms with E-state index in [4.69, 9.17) is 4.74 Å². The Morgan fingerprint density at radius 1 is 1.07 bits per heavy atom. The van der Waals surface area contributed by atoms with Crippen molar-refractivity contribution in [2.45, 2.75) is 17.7 Å². The van der Waals surface area contributed by atoms with Crippen molar-refractivity contribution in [2.24, 2.45) is 5.92 Å². The summed E-state index contributed by atoms with van der Waals surface area (Å²) < 4.78 is 85.4. The molecule has 0 atom stereocenters. The number of hydrogen-bond acceptors (Lipinski definition) is 4. The topological polar surface area (TPSA) is 75.7 Å². The van der Waals surface area contributed by atoms with Gasteiger partial charge in [-0.15, -0.1) is 0 Å². The van der Waals surface area contributed by atoms with Crippen LogP contribution < -0.4 is 10.1 Å². The van der Waals surface area contributed by atoms with Gasteiger partial charge in [0.1, 0.15) is 16.5 Å². The molecular weight excluding hydrogens is 428 g/mol. The summed E-state index contributed by atoms with van der Waals surface area (Å²) >= 11 is 0. The minimum atomic E-state index is -4.07. The Morgan fingerprint density at radius 2 is 1.73 bits per heavy atom. The number of benzene rings is 2. The minimum Gasteiger partial charge on any atom is -0.495 e. The number of nitrogens with zero attached hydrogens (tertiary/aromatic N) is 1. The van der Waals surface area contributed by atoms with Gasteiger partial charge in [-0.25, -0.2) is 26.0 Å². The van der Waals surface area contributed by atoms with Crippen LogP contribution in [0.5, 0.6) is 5.75 Å². The van der Waals surface area contributed by atoms with E-state index in [0.717, 1.165) is 22.5 Å². The molecule has 30 heavy (non-hydrogen) atoms. The lowest BCUT2D eigenvalue weighted by Crippen LogP contribution is -2.41. The van der Waals surface area contributed by atoms with Crippen molar-refractivity contribution < 1.29 is 35.5 Å². The van der Waals surface area contributed by atoms with Gasteiger partial charge in [0.25, 0.3) is 0 Å². The van der Waals surface area contributed by atoms with Crippen LogP contribution in [0.25, 0.3) is 0 Å². The highest BCUT2D eigenvalue weighted by Gasteiger charge is 2.34. The first-order valence-corrected chi connectivity index (χ1v) is 10.4. The van der Waals surface area contributed by atoms with E-state index in [-0.39, 0.29) is 36.6 Å². The molecule has 1 N–H and O–H groups in total. The number of carbonyl (C=O) groups excluding carboxylic acids is 1. The molecule has 0 bridgehead atoms. The molecule has 1 amide bonds. The molecule has 0 saturated carbocycles. The van der Waals surface area contributed by atoms with Crippen molar-refractivity contribution in [1.29, 1.82) is 0 Å². The lowest BCUT2D eigenvalue weighted by Gasteiger charge is -2.31. The molecule has 1 saturated heterocycles. The monoisotopic (exact) mass is 446 g/mol. The van der Waals surface area contributed by atoms with Crippen LogP contribution in [0.2, 0.25) is 0 Å². The summed E-state index contributed by atoms with van der Waals surface area (Å²) in [6.07, 6.45) is 0.210. The summed E-state index contributed by atoms with van der Waals surface area (Å²) in [4.78, 5) is 12.0. The number of carbonyl (C=O) groups is 1. The summed E-state index contributed by atoms with van der Waals surface area (Å²) in [5.41, 5.74) is -0.501. The van der Waals surface area contributed by atoms with E-state index in [0.29, 0.717) is 6.07 Å². The molecule has 0 aliphatic carbocycles. The first-order chi connectivity index (χ1) is 14.1. The summed E-state index contributed by atoms with van der Waals surface area (Å²) in [7, 11) is -2.80. The molecule has 6 nitrogen and oxygen atoms in total. The van der Waals surface area contributed by atoms with Crippen LogP contribution in [0.3, 0.4) is 0 Å². The van der Waals surface area contributed by atoms with Crippen molar-refractivity contribution >= 4 is 21.6 Å². The van der Waals surface area contributed by atoms with Crippen molar-refractivity contribution in [3.63, 3.8) is 0 Å². The van der Waals surface area contributed by atoms with Crippen molar-refractivity contribution in [3.8, 4) is 5.75 Å². The second-order valence-electron chi connectivity index (χ2n) is 6.69. The van der Waals surface area contributed by atoms with Crippen molar-refractivity contribution in [2.75, 3.05) is 25.5 Å². The standard InChI is InChI=1S/C19H18F4N2O4S/c1-29-15-5-2-12(20)10-16(15)30(27,28)25-8-6-11(7-9-25)19(26)24-14-4-3-13(21)17(22)18(14)23/h2-5,10-11H,6-9H2,1H3,(H,24,26). The highest BCUT2D eigenvalue weighted by atomic mass is 32.2. The van der Waals surface area contributed by atoms with Gasteiger partial charge < -0.3 is 10.1 Å². The fourth-order valence-electron chi connectivity index (χ4n) is 3.21. The third kappa shape index (κ3) is 4.26. The highest BCUT2D eigenvalue weighted by Crippen LogP contribution is 2.31. The van der Waals surface area contributed by atoms with E-state index >= 15 is 0 Å². The molecule has 1 aliphatic heterocycles. The smallest absolute Gasteiger partial charge is 0.246 e. The molecule has 1 aliphatic rings. The summed E-state index contributed by atoms with van der Waals surface area (Å²) in [6, 6.07) is 4.74. The third-order valence-electron chi connectivity index (χ3n) is 4.86. The summed E-state index contributed by atoms with van der Waals surface area (Å²) in [5.74, 6) is -6.64. The van der Waals surface area contributed by atoms with E-state index in [1.165, 1.54) is 13.2 Å². The zero-order chi connectivity index (χ0) is 22.1. The molecular formula is C19H18F4N2O4S. The number of piperidine rings is 1. The van der Waals surface area contributed by atoms with Crippen LogP contribution in [0.15, 0.2) is 35.2 Å². The van der Waals surface area contributed by atoms with Crippen LogP contribution in [0.4, 0.5) is 23.2 Å². The number of anilines is 1. The predicted molar refractivity (Wildman–Crippen MR) is 99.4 cm³/mol. The maximum absolute atomic E-state index is 13.7. The second-order valence-corrected chi connectivity index (χ2v) is 8.59. The molecule has 162 valence electrons. The van der Waals surface area contributed by atoms with Crippen molar-refractivity contribution in [1.82, 2.24) is 4.31 Å². The number of hydrogen-bond donors (Lipinski definition) is 1. The van der Waals surface area contributed by atoms with Gasteiger partial charge in [-0.2, -0.15) is 4.31 Å². The maximum Gasteiger partial charge on any atom is 0.246 e.